The molecule has 2 aromatic rings. The Kier molecular flexibility index (Phi) is 3.82. The molecule has 1 aromatic carbocycles. The lowest BCUT2D eigenvalue weighted by molar-refractivity contribution is 0.596. The molecule has 2 N–H and O–H groups in total. The Morgan fingerprint density at radius 3 is 2.71 bits per heavy atom. The first kappa shape index (κ1) is 11.7. The fraction of sp³-hybridized carbons (Fsp3) is 0.417. The number of hydrogen-bond donors (Lipinski definition) is 1. The first-order chi connectivity index (χ1) is 8.25. The van der Waals surface area contributed by atoms with Gasteiger partial charge in [0.1, 0.15) is 0 Å². The van der Waals surface area contributed by atoms with Crippen molar-refractivity contribution < 1.29 is 0 Å². The van der Waals surface area contributed by atoms with Crippen molar-refractivity contribution in [3.8, 4) is 0 Å². The van der Waals surface area contributed by atoms with Crippen LogP contribution in [0.3, 0.4) is 0 Å². The number of benzene rings is 1. The largest absolute Gasteiger partial charge is 0.324 e. The van der Waals surface area contributed by atoms with Crippen molar-refractivity contribution in [2.45, 2.75) is 25.3 Å². The van der Waals surface area contributed by atoms with Gasteiger partial charge in [-0.25, -0.2) is 0 Å². The summed E-state index contributed by atoms with van der Waals surface area (Å²) in [5.41, 5.74) is 7.28. The highest BCUT2D eigenvalue weighted by molar-refractivity contribution is 5.18. The molecule has 0 saturated carbocycles. The molecule has 0 fully saturated rings. The first-order valence-electron chi connectivity index (χ1n) is 5.79. The van der Waals surface area contributed by atoms with Crippen LogP contribution in [0, 0.1) is 0 Å². The molecule has 0 bridgehead atoms. The van der Waals surface area contributed by atoms with Crippen LogP contribution in [0.2, 0.25) is 0 Å². The minimum absolute atomic E-state index is 0.0906. The summed E-state index contributed by atoms with van der Waals surface area (Å²) in [6, 6.07) is 10.2. The molecule has 1 aromatic heterocycles. The highest BCUT2D eigenvalue weighted by Crippen LogP contribution is 2.15. The van der Waals surface area contributed by atoms with Gasteiger partial charge in [-0.3, -0.25) is 0 Å². The Morgan fingerprint density at radius 1 is 1.29 bits per heavy atom. The molecule has 1 atom stereocenters. The predicted octanol–water partition coefficient (Wildman–Crippen LogP) is 1.23. The van der Waals surface area contributed by atoms with Crippen molar-refractivity contribution in [2.24, 2.45) is 12.8 Å². The van der Waals surface area contributed by atoms with Gasteiger partial charge in [0.25, 0.3) is 0 Å². The van der Waals surface area contributed by atoms with Crippen LogP contribution in [0.4, 0.5) is 0 Å². The molecule has 1 heterocycles. The molecular formula is C12H17N5. The van der Waals surface area contributed by atoms with Crippen LogP contribution < -0.4 is 5.73 Å². The van der Waals surface area contributed by atoms with Crippen LogP contribution in [0.5, 0.6) is 0 Å². The van der Waals surface area contributed by atoms with E-state index in [2.05, 4.69) is 27.5 Å². The third-order valence-electron chi connectivity index (χ3n) is 2.69. The number of rotatable bonds is 5. The lowest BCUT2D eigenvalue weighted by Crippen LogP contribution is -2.10. The van der Waals surface area contributed by atoms with Gasteiger partial charge < -0.3 is 5.73 Å². The van der Waals surface area contributed by atoms with E-state index in [1.165, 1.54) is 10.4 Å². The molecule has 5 heteroatoms. The molecule has 1 unspecified atom stereocenters. The van der Waals surface area contributed by atoms with E-state index in [4.69, 9.17) is 5.73 Å². The van der Waals surface area contributed by atoms with E-state index in [0.29, 0.717) is 0 Å². The summed E-state index contributed by atoms with van der Waals surface area (Å²) in [6.07, 6.45) is 2.73. The van der Waals surface area contributed by atoms with Crippen molar-refractivity contribution in [3.05, 3.63) is 41.7 Å². The molecule has 90 valence electrons. The second-order valence-electron chi connectivity index (χ2n) is 4.10. The van der Waals surface area contributed by atoms with Crippen LogP contribution >= 0.6 is 0 Å². The second-order valence-corrected chi connectivity index (χ2v) is 4.10. The Hall–Kier alpha value is -1.75. The van der Waals surface area contributed by atoms with Gasteiger partial charge >= 0.3 is 0 Å². The van der Waals surface area contributed by atoms with E-state index in [1.807, 2.05) is 18.2 Å². The number of aromatic nitrogens is 4. The maximum atomic E-state index is 6.10. The first-order valence-corrected chi connectivity index (χ1v) is 5.79. The topological polar surface area (TPSA) is 69.6 Å². The summed E-state index contributed by atoms with van der Waals surface area (Å²) in [5, 5.41) is 11.9. The van der Waals surface area contributed by atoms with Crippen LogP contribution in [0.25, 0.3) is 0 Å². The average Bonchev–Trinajstić information content (AvgIpc) is 2.76. The van der Waals surface area contributed by atoms with Gasteiger partial charge in [0.15, 0.2) is 5.82 Å². The summed E-state index contributed by atoms with van der Waals surface area (Å²) >= 11 is 0. The Balaban J connectivity index is 1.79. The lowest BCUT2D eigenvalue weighted by atomic mass is 10.0. The monoisotopic (exact) mass is 231 g/mol. The Bertz CT molecular complexity index is 451. The highest BCUT2D eigenvalue weighted by atomic mass is 15.6. The number of nitrogens with zero attached hydrogens (tertiary/aromatic N) is 4. The van der Waals surface area contributed by atoms with Crippen molar-refractivity contribution in [1.29, 1.82) is 0 Å². The van der Waals surface area contributed by atoms with Gasteiger partial charge in [-0.15, -0.1) is 10.2 Å². The predicted molar refractivity (Wildman–Crippen MR) is 65.1 cm³/mol. The van der Waals surface area contributed by atoms with Gasteiger partial charge in [-0.2, -0.15) is 4.80 Å². The number of tetrazole rings is 1. The van der Waals surface area contributed by atoms with Crippen molar-refractivity contribution >= 4 is 0 Å². The van der Waals surface area contributed by atoms with Gasteiger partial charge in [-0.1, -0.05) is 30.3 Å². The van der Waals surface area contributed by atoms with E-state index in [9.17, 15) is 0 Å². The van der Waals surface area contributed by atoms with E-state index < -0.39 is 0 Å². The fourth-order valence-electron chi connectivity index (χ4n) is 1.77. The summed E-state index contributed by atoms with van der Waals surface area (Å²) in [5.74, 6) is 0.785. The van der Waals surface area contributed by atoms with E-state index in [0.717, 1.165) is 25.1 Å². The summed E-state index contributed by atoms with van der Waals surface area (Å²) in [6.45, 7) is 0. The molecule has 0 radical (unpaired) electrons. The standard InChI is InChI=1S/C12H17N5/c1-17-15-12(14-16-17)9-5-8-11(13)10-6-3-2-4-7-10/h2-4,6-7,11H,5,8-9,13H2,1H3. The van der Waals surface area contributed by atoms with E-state index in [1.54, 1.807) is 7.05 Å². The van der Waals surface area contributed by atoms with Gasteiger partial charge in [0.05, 0.1) is 7.05 Å². The maximum absolute atomic E-state index is 6.10. The quantitative estimate of drug-likeness (QED) is 0.840. The molecule has 0 aliphatic rings. The van der Waals surface area contributed by atoms with E-state index >= 15 is 0 Å². The molecule has 0 aliphatic carbocycles. The third kappa shape index (κ3) is 3.35. The van der Waals surface area contributed by atoms with Crippen molar-refractivity contribution in [1.82, 2.24) is 20.2 Å². The summed E-state index contributed by atoms with van der Waals surface area (Å²) < 4.78 is 0. The average molecular weight is 231 g/mol. The van der Waals surface area contributed by atoms with Crippen molar-refractivity contribution in [3.63, 3.8) is 0 Å². The molecule has 0 saturated heterocycles. The minimum atomic E-state index is 0.0906. The summed E-state index contributed by atoms with van der Waals surface area (Å²) in [7, 11) is 1.77. The normalized spacial score (nSPS) is 12.6. The van der Waals surface area contributed by atoms with Gasteiger partial charge in [-0.05, 0) is 23.6 Å². The molecule has 0 spiro atoms. The molecule has 2 rings (SSSR count). The SMILES string of the molecule is Cn1nnc(CCCC(N)c2ccccc2)n1. The van der Waals surface area contributed by atoms with Crippen LogP contribution in [-0.4, -0.2) is 20.2 Å². The Morgan fingerprint density at radius 2 is 2.06 bits per heavy atom. The Labute approximate surface area is 101 Å². The molecule has 0 aliphatic heterocycles. The van der Waals surface area contributed by atoms with Crippen LogP contribution in [0.1, 0.15) is 30.3 Å². The molecule has 0 amide bonds. The summed E-state index contributed by atoms with van der Waals surface area (Å²) in [4.78, 5) is 1.48. The molecule has 5 nitrogen and oxygen atoms in total. The van der Waals surface area contributed by atoms with Gasteiger partial charge in [0.2, 0.25) is 0 Å². The smallest absolute Gasteiger partial charge is 0.174 e. The van der Waals surface area contributed by atoms with Gasteiger partial charge in [0, 0.05) is 12.5 Å². The van der Waals surface area contributed by atoms with Crippen LogP contribution in [-0.2, 0) is 13.5 Å². The molecule has 17 heavy (non-hydrogen) atoms. The maximum Gasteiger partial charge on any atom is 0.174 e. The van der Waals surface area contributed by atoms with E-state index in [-0.39, 0.29) is 6.04 Å². The lowest BCUT2D eigenvalue weighted by Gasteiger charge is -2.10. The second kappa shape index (κ2) is 5.54. The number of nitrogens with two attached hydrogens (primary N) is 1. The van der Waals surface area contributed by atoms with Crippen molar-refractivity contribution in [2.75, 3.05) is 0 Å². The number of aryl methyl sites for hydroxylation is 2. The number of hydrogen-bond acceptors (Lipinski definition) is 4. The molecular weight excluding hydrogens is 214 g/mol. The van der Waals surface area contributed by atoms with Crippen LogP contribution in [0.15, 0.2) is 30.3 Å². The zero-order valence-electron chi connectivity index (χ0n) is 9.95. The fourth-order valence-corrected chi connectivity index (χ4v) is 1.77. The zero-order valence-corrected chi connectivity index (χ0v) is 9.95. The minimum Gasteiger partial charge on any atom is -0.324 e. The third-order valence-corrected chi connectivity index (χ3v) is 2.69. The highest BCUT2D eigenvalue weighted by Gasteiger charge is 2.06. The zero-order chi connectivity index (χ0) is 12.1.